The number of fused-ring (bicyclic) bond motifs is 2. The monoisotopic (exact) mass is 533 g/mol. The molecule has 0 saturated heterocycles. The lowest BCUT2D eigenvalue weighted by atomic mass is 9.95. The third-order valence-electron chi connectivity index (χ3n) is 6.72. The van der Waals surface area contributed by atoms with Crippen molar-refractivity contribution in [3.05, 3.63) is 84.5 Å². The second-order valence-corrected chi connectivity index (χ2v) is 9.83. The van der Waals surface area contributed by atoms with Gasteiger partial charge in [-0.3, -0.25) is 14.2 Å². The van der Waals surface area contributed by atoms with Gasteiger partial charge in [0.15, 0.2) is 16.3 Å². The molecule has 0 bridgehead atoms. The van der Waals surface area contributed by atoms with Crippen LogP contribution >= 0.6 is 11.3 Å². The molecule has 1 aromatic heterocycles. The molecular formula is C28H27N3O6S. The maximum Gasteiger partial charge on any atom is 0.338 e. The second-order valence-electron chi connectivity index (χ2n) is 8.86. The minimum atomic E-state index is -0.841. The first-order valence-corrected chi connectivity index (χ1v) is 12.9. The third kappa shape index (κ3) is 3.83. The summed E-state index contributed by atoms with van der Waals surface area (Å²) in [5, 5.41) is 0. The fourth-order valence-corrected chi connectivity index (χ4v) is 6.16. The van der Waals surface area contributed by atoms with Crippen molar-refractivity contribution in [1.82, 2.24) is 4.57 Å². The average Bonchev–Trinajstić information content (AvgIpc) is 3.39. The summed E-state index contributed by atoms with van der Waals surface area (Å²) in [5.74, 6) is 0.143. The summed E-state index contributed by atoms with van der Waals surface area (Å²) in [6.07, 6.45) is 0.773. The highest BCUT2D eigenvalue weighted by molar-refractivity contribution is 7.07. The van der Waals surface area contributed by atoms with E-state index in [0.29, 0.717) is 45.2 Å². The Balaban J connectivity index is 1.82. The Hall–Kier alpha value is -4.18. The van der Waals surface area contributed by atoms with Gasteiger partial charge in [-0.2, -0.15) is 0 Å². The zero-order valence-electron chi connectivity index (χ0n) is 21.7. The van der Waals surface area contributed by atoms with E-state index in [1.807, 2.05) is 31.2 Å². The normalized spacial score (nSPS) is 17.7. The number of methoxy groups -OCH3 is 3. The summed E-state index contributed by atoms with van der Waals surface area (Å²) in [7, 11) is 4.34. The van der Waals surface area contributed by atoms with Crippen LogP contribution in [-0.4, -0.2) is 44.3 Å². The highest BCUT2D eigenvalue weighted by Crippen LogP contribution is 2.37. The van der Waals surface area contributed by atoms with Gasteiger partial charge in [-0.05, 0) is 37.1 Å². The van der Waals surface area contributed by atoms with Crippen LogP contribution in [0.2, 0.25) is 0 Å². The lowest BCUT2D eigenvalue weighted by Gasteiger charge is -2.25. The van der Waals surface area contributed by atoms with Gasteiger partial charge < -0.3 is 19.1 Å². The second kappa shape index (κ2) is 9.94. The predicted octanol–water partition coefficient (Wildman–Crippen LogP) is 2.55. The summed E-state index contributed by atoms with van der Waals surface area (Å²) in [6, 6.07) is 11.8. The van der Waals surface area contributed by atoms with E-state index in [-0.39, 0.29) is 16.0 Å². The molecule has 2 aliphatic heterocycles. The van der Waals surface area contributed by atoms with E-state index < -0.39 is 17.6 Å². The van der Waals surface area contributed by atoms with Crippen LogP contribution in [0.4, 0.5) is 5.69 Å². The van der Waals surface area contributed by atoms with Gasteiger partial charge in [-0.15, -0.1) is 0 Å². The number of hydrogen-bond donors (Lipinski definition) is 0. The zero-order chi connectivity index (χ0) is 27.1. The molecule has 1 unspecified atom stereocenters. The topological polar surface area (TPSA) is 99.4 Å². The van der Waals surface area contributed by atoms with Gasteiger partial charge in [-0.25, -0.2) is 9.79 Å². The van der Waals surface area contributed by atoms with E-state index in [1.165, 1.54) is 25.9 Å². The molecular weight excluding hydrogens is 506 g/mol. The summed E-state index contributed by atoms with van der Waals surface area (Å²) in [4.78, 5) is 47.4. The number of nitrogens with zero attached hydrogens (tertiary/aromatic N) is 3. The molecule has 10 heteroatoms. The predicted molar refractivity (Wildman–Crippen MR) is 143 cm³/mol. The minimum absolute atomic E-state index is 0.218. The number of amides is 1. The number of carbonyl (C=O) groups is 2. The number of carbonyl (C=O) groups excluding carboxylic acids is 2. The van der Waals surface area contributed by atoms with Crippen LogP contribution in [0.1, 0.15) is 37.4 Å². The first-order valence-electron chi connectivity index (χ1n) is 12.1. The van der Waals surface area contributed by atoms with Gasteiger partial charge in [0, 0.05) is 12.1 Å². The molecule has 3 aromatic rings. The number of aromatic nitrogens is 1. The van der Waals surface area contributed by atoms with E-state index in [9.17, 15) is 14.4 Å². The maximum absolute atomic E-state index is 14.1. The maximum atomic E-state index is 14.1. The van der Waals surface area contributed by atoms with E-state index >= 15 is 0 Å². The minimum Gasteiger partial charge on any atom is -0.493 e. The number of rotatable bonds is 6. The highest BCUT2D eigenvalue weighted by Gasteiger charge is 2.37. The van der Waals surface area contributed by atoms with E-state index in [4.69, 9.17) is 14.2 Å². The molecule has 5 rings (SSSR count). The fourth-order valence-electron chi connectivity index (χ4n) is 5.03. The van der Waals surface area contributed by atoms with Gasteiger partial charge in [0.1, 0.15) is 4.53 Å². The molecule has 1 atom stereocenters. The molecule has 2 aliphatic rings. The number of allylic oxidation sites excluding steroid dienone is 1. The smallest absolute Gasteiger partial charge is 0.338 e. The van der Waals surface area contributed by atoms with Gasteiger partial charge in [0.25, 0.3) is 11.5 Å². The summed E-state index contributed by atoms with van der Waals surface area (Å²) >= 11 is 1.14. The molecule has 0 saturated carbocycles. The number of thiazole rings is 1. The van der Waals surface area contributed by atoms with Crippen molar-refractivity contribution in [3.63, 3.8) is 0 Å². The van der Waals surface area contributed by atoms with E-state index in [0.717, 1.165) is 23.4 Å². The van der Waals surface area contributed by atoms with Crippen LogP contribution in [0.5, 0.6) is 11.5 Å². The molecule has 0 aliphatic carbocycles. The molecule has 9 nitrogen and oxygen atoms in total. The fraction of sp³-hybridized carbons (Fsp3) is 0.286. The van der Waals surface area contributed by atoms with Crippen molar-refractivity contribution >= 4 is 34.5 Å². The van der Waals surface area contributed by atoms with Gasteiger partial charge in [0.05, 0.1) is 49.9 Å². The Morgan fingerprint density at radius 1 is 1.05 bits per heavy atom. The Labute approximate surface area is 222 Å². The van der Waals surface area contributed by atoms with Crippen LogP contribution in [0, 0.1) is 0 Å². The zero-order valence-corrected chi connectivity index (χ0v) is 22.5. The van der Waals surface area contributed by atoms with Crippen LogP contribution in [0.3, 0.4) is 0 Å². The number of ether oxygens (including phenoxy) is 3. The Bertz CT molecular complexity index is 1680. The summed E-state index contributed by atoms with van der Waals surface area (Å²) in [6.45, 7) is 4.25. The lowest BCUT2D eigenvalue weighted by molar-refractivity contribution is -0.136. The average molecular weight is 534 g/mol. The van der Waals surface area contributed by atoms with Crippen molar-refractivity contribution in [2.24, 2.45) is 4.99 Å². The quantitative estimate of drug-likeness (QED) is 0.452. The van der Waals surface area contributed by atoms with Crippen LogP contribution in [0.15, 0.2) is 63.5 Å². The largest absolute Gasteiger partial charge is 0.493 e. The number of benzene rings is 2. The van der Waals surface area contributed by atoms with Crippen LogP contribution in [-0.2, 0) is 14.3 Å². The van der Waals surface area contributed by atoms with E-state index in [1.54, 1.807) is 30.0 Å². The molecule has 196 valence electrons. The number of esters is 1. The molecule has 3 heterocycles. The molecule has 0 fully saturated rings. The summed E-state index contributed by atoms with van der Waals surface area (Å²) in [5.41, 5.74) is 2.71. The van der Waals surface area contributed by atoms with Crippen molar-refractivity contribution in [3.8, 4) is 11.5 Å². The van der Waals surface area contributed by atoms with E-state index in [2.05, 4.69) is 4.99 Å². The number of para-hydroxylation sites is 1. The molecule has 38 heavy (non-hydrogen) atoms. The Morgan fingerprint density at radius 3 is 2.47 bits per heavy atom. The molecule has 0 N–H and O–H groups in total. The molecule has 1 amide bonds. The van der Waals surface area contributed by atoms with Crippen molar-refractivity contribution in [2.75, 3.05) is 32.8 Å². The molecule has 0 spiro atoms. The van der Waals surface area contributed by atoms with Crippen LogP contribution < -0.4 is 29.3 Å². The van der Waals surface area contributed by atoms with Crippen molar-refractivity contribution < 1.29 is 23.8 Å². The Morgan fingerprint density at radius 2 is 1.79 bits per heavy atom. The molecule has 2 aromatic carbocycles. The third-order valence-corrected chi connectivity index (χ3v) is 7.78. The van der Waals surface area contributed by atoms with Crippen LogP contribution in [0.25, 0.3) is 5.57 Å². The molecule has 0 radical (unpaired) electrons. The van der Waals surface area contributed by atoms with Crippen molar-refractivity contribution in [1.29, 1.82) is 0 Å². The number of hydrogen-bond acceptors (Lipinski definition) is 8. The summed E-state index contributed by atoms with van der Waals surface area (Å²) < 4.78 is 17.7. The first-order chi connectivity index (χ1) is 18.4. The van der Waals surface area contributed by atoms with Gasteiger partial charge in [-0.1, -0.05) is 42.5 Å². The first kappa shape index (κ1) is 25.5. The Kier molecular flexibility index (Phi) is 6.66. The van der Waals surface area contributed by atoms with Crippen molar-refractivity contribution in [2.45, 2.75) is 26.3 Å². The van der Waals surface area contributed by atoms with Gasteiger partial charge >= 0.3 is 5.97 Å². The van der Waals surface area contributed by atoms with Gasteiger partial charge in [0.2, 0.25) is 0 Å². The number of anilines is 1. The lowest BCUT2D eigenvalue weighted by Crippen LogP contribution is -2.41. The SMILES string of the molecule is CCCN1C(=O)C(=c2sc3n(c2=O)C(c2ccc(OC)c(OC)c2)C(C(=O)OC)=C(C)N=3)c2ccccc21. The highest BCUT2D eigenvalue weighted by atomic mass is 32.1. The standard InChI is InChI=1S/C28H27N3O6S/c1-6-13-30-18-10-8-7-9-17(18)22(25(30)32)24-26(33)31-23(16-11-12-19(35-3)20(14-16)36-4)21(27(34)37-5)15(2)29-28(31)38-24/h7-12,14,23H,6,13H2,1-5H3.